The second-order valence-electron chi connectivity index (χ2n) is 8.33. The molecule has 0 aromatic heterocycles. The maximum Gasteiger partial charge on any atom is 0.289 e. The fraction of sp³-hybridized carbons (Fsp3) is 0.500. The number of sulfonamides is 1. The maximum absolute atomic E-state index is 13.5. The molecule has 0 aliphatic carbocycles. The van der Waals surface area contributed by atoms with Crippen molar-refractivity contribution in [3.63, 3.8) is 0 Å². The van der Waals surface area contributed by atoms with E-state index in [9.17, 15) is 18.5 Å². The van der Waals surface area contributed by atoms with E-state index in [1.807, 2.05) is 30.3 Å². The summed E-state index contributed by atoms with van der Waals surface area (Å²) in [6.07, 6.45) is 8.20. The van der Waals surface area contributed by atoms with E-state index in [2.05, 4.69) is 0 Å². The number of rotatable bonds is 13. The van der Waals surface area contributed by atoms with Gasteiger partial charge in [0, 0.05) is 11.9 Å². The van der Waals surface area contributed by atoms with E-state index in [1.165, 1.54) is 24.3 Å². The van der Waals surface area contributed by atoms with Gasteiger partial charge in [0.2, 0.25) is 0 Å². The molecule has 0 bridgehead atoms. The summed E-state index contributed by atoms with van der Waals surface area (Å²) < 4.78 is 28.0. The number of alkyl halides is 1. The van der Waals surface area contributed by atoms with Gasteiger partial charge in [-0.3, -0.25) is 15.0 Å². The zero-order chi connectivity index (χ0) is 23.7. The molecule has 9 heteroatoms. The van der Waals surface area contributed by atoms with Crippen molar-refractivity contribution in [1.29, 1.82) is 0 Å². The smallest absolute Gasteiger partial charge is 0.276 e. The van der Waals surface area contributed by atoms with Crippen LogP contribution < -0.4 is 0 Å². The largest absolute Gasteiger partial charge is 0.289 e. The summed E-state index contributed by atoms with van der Waals surface area (Å²) in [5.74, 6) is 0.703. The molecule has 3 rings (SSSR count). The van der Waals surface area contributed by atoms with E-state index in [0.717, 1.165) is 55.0 Å². The monoisotopic (exact) mass is 494 g/mol. The van der Waals surface area contributed by atoms with Gasteiger partial charge in [-0.25, -0.2) is 8.42 Å². The molecule has 1 aliphatic heterocycles. The summed E-state index contributed by atoms with van der Waals surface area (Å²) in [7, 11) is -4.21. The van der Waals surface area contributed by atoms with E-state index in [1.54, 1.807) is 0 Å². The highest BCUT2D eigenvalue weighted by Crippen LogP contribution is 2.40. The Kier molecular flexibility index (Phi) is 9.67. The molecule has 7 nitrogen and oxygen atoms in total. The molecule has 0 unspecified atom stereocenters. The molecule has 1 heterocycles. The van der Waals surface area contributed by atoms with E-state index < -0.39 is 26.7 Å². The van der Waals surface area contributed by atoms with Crippen molar-refractivity contribution in [2.45, 2.75) is 74.8 Å². The van der Waals surface area contributed by atoms with Crippen molar-refractivity contribution in [2.75, 3.05) is 5.88 Å². The van der Waals surface area contributed by atoms with Gasteiger partial charge in [0.25, 0.3) is 15.7 Å². The minimum Gasteiger partial charge on any atom is -0.276 e. The van der Waals surface area contributed by atoms with Crippen molar-refractivity contribution in [1.82, 2.24) is 4.47 Å². The number of hydroxylamine groups is 1. The highest BCUT2D eigenvalue weighted by molar-refractivity contribution is 7.89. The molecule has 0 radical (unpaired) electrons. The molecular formula is C24H31ClN2O5S. The molecular weight excluding hydrogens is 464 g/mol. The van der Waals surface area contributed by atoms with Gasteiger partial charge in [0.1, 0.15) is 6.10 Å². The lowest BCUT2D eigenvalue weighted by molar-refractivity contribution is -0.387. The molecule has 2 atom stereocenters. The number of hydrogen-bond donors (Lipinski definition) is 0. The summed E-state index contributed by atoms with van der Waals surface area (Å²) in [6, 6.07) is 14.5. The van der Waals surface area contributed by atoms with Crippen LogP contribution in [-0.2, 0) is 14.9 Å². The molecule has 0 amide bonds. The Balaban J connectivity index is 1.73. The third kappa shape index (κ3) is 6.76. The molecule has 1 saturated heterocycles. The lowest BCUT2D eigenvalue weighted by atomic mass is 9.99. The van der Waals surface area contributed by atoms with Gasteiger partial charge in [-0.05, 0) is 30.9 Å². The highest BCUT2D eigenvalue weighted by Gasteiger charge is 2.44. The summed E-state index contributed by atoms with van der Waals surface area (Å²) in [6.45, 7) is 0. The fourth-order valence-electron chi connectivity index (χ4n) is 4.21. The SMILES string of the molecule is O=[N+]([O-])c1ccccc1S(=O)(=O)N1O[C@H](c2ccccc2)C[C@H]1CCCCCCCCCCl. The molecule has 2 aromatic carbocycles. The lowest BCUT2D eigenvalue weighted by Gasteiger charge is -2.22. The van der Waals surface area contributed by atoms with Crippen molar-refractivity contribution >= 4 is 27.3 Å². The van der Waals surface area contributed by atoms with Gasteiger partial charge in [0.05, 0.1) is 11.0 Å². The summed E-state index contributed by atoms with van der Waals surface area (Å²) in [4.78, 5) is 16.4. The van der Waals surface area contributed by atoms with Gasteiger partial charge >= 0.3 is 0 Å². The van der Waals surface area contributed by atoms with Crippen LogP contribution in [0.2, 0.25) is 0 Å². The topological polar surface area (TPSA) is 89.8 Å². The number of benzene rings is 2. The third-order valence-corrected chi connectivity index (χ3v) is 7.96. The van der Waals surface area contributed by atoms with Crippen LogP contribution in [0.3, 0.4) is 0 Å². The first kappa shape index (κ1) is 25.6. The molecule has 33 heavy (non-hydrogen) atoms. The Morgan fingerprint density at radius 3 is 2.21 bits per heavy atom. The van der Waals surface area contributed by atoms with Gasteiger partial charge in [0.15, 0.2) is 4.90 Å². The Morgan fingerprint density at radius 2 is 1.55 bits per heavy atom. The number of nitro groups is 1. The second-order valence-corrected chi connectivity index (χ2v) is 10.5. The van der Waals surface area contributed by atoms with Crippen LogP contribution in [0.25, 0.3) is 0 Å². The van der Waals surface area contributed by atoms with E-state index in [-0.39, 0.29) is 10.9 Å². The lowest BCUT2D eigenvalue weighted by Crippen LogP contribution is -2.34. The average molecular weight is 495 g/mol. The van der Waals surface area contributed by atoms with Crippen LogP contribution >= 0.6 is 11.6 Å². The van der Waals surface area contributed by atoms with Gasteiger partial charge < -0.3 is 0 Å². The third-order valence-electron chi connectivity index (χ3n) is 5.93. The van der Waals surface area contributed by atoms with Crippen LogP contribution in [0.15, 0.2) is 59.5 Å². The van der Waals surface area contributed by atoms with Crippen molar-refractivity contribution in [3.8, 4) is 0 Å². The summed E-state index contributed by atoms with van der Waals surface area (Å²) in [5.41, 5.74) is 0.446. The number of para-hydroxylation sites is 1. The normalized spacial score (nSPS) is 19.1. The molecule has 0 spiro atoms. The van der Waals surface area contributed by atoms with Crippen molar-refractivity contribution in [2.24, 2.45) is 0 Å². The quantitative estimate of drug-likeness (QED) is 0.139. The van der Waals surface area contributed by atoms with Crippen molar-refractivity contribution in [3.05, 3.63) is 70.3 Å². The number of nitrogens with zero attached hydrogens (tertiary/aromatic N) is 2. The van der Waals surface area contributed by atoms with E-state index >= 15 is 0 Å². The first-order chi connectivity index (χ1) is 15.9. The zero-order valence-electron chi connectivity index (χ0n) is 18.6. The van der Waals surface area contributed by atoms with Crippen molar-refractivity contribution < 1.29 is 18.2 Å². The zero-order valence-corrected chi connectivity index (χ0v) is 20.2. The number of nitro benzene ring substituents is 1. The first-order valence-electron chi connectivity index (χ1n) is 11.5. The Hall–Kier alpha value is -2.00. The second kappa shape index (κ2) is 12.5. The summed E-state index contributed by atoms with van der Waals surface area (Å²) in [5, 5.41) is 11.5. The Bertz CT molecular complexity index is 1000. The van der Waals surface area contributed by atoms with E-state index in [4.69, 9.17) is 16.4 Å². The van der Waals surface area contributed by atoms with Gasteiger partial charge in [-0.2, -0.15) is 0 Å². The molecule has 180 valence electrons. The molecule has 0 saturated carbocycles. The van der Waals surface area contributed by atoms with Gasteiger partial charge in [-0.15, -0.1) is 11.6 Å². The van der Waals surface area contributed by atoms with Crippen LogP contribution in [0, 0.1) is 10.1 Å². The average Bonchev–Trinajstić information content (AvgIpc) is 3.26. The number of unbranched alkanes of at least 4 members (excludes halogenated alkanes) is 6. The molecule has 1 fully saturated rings. The Labute approximate surface area is 200 Å². The molecule has 1 aliphatic rings. The highest BCUT2D eigenvalue weighted by atomic mass is 35.5. The first-order valence-corrected chi connectivity index (χ1v) is 13.5. The number of halogens is 1. The predicted octanol–water partition coefficient (Wildman–Crippen LogP) is 6.39. The molecule has 2 aromatic rings. The van der Waals surface area contributed by atoms with Crippen LogP contribution in [0.1, 0.15) is 69.5 Å². The predicted molar refractivity (Wildman–Crippen MR) is 128 cm³/mol. The maximum atomic E-state index is 13.5. The van der Waals surface area contributed by atoms with Gasteiger partial charge in [-0.1, -0.05) is 85.5 Å². The minimum atomic E-state index is -4.21. The standard InChI is InChI=1S/C24H31ClN2O5S/c25-18-12-5-3-1-2-4-9-15-21-19-23(20-13-7-6-8-14-20)32-27(21)33(30,31)24-17-11-10-16-22(24)26(28)29/h6-8,10-11,13-14,16-17,21,23H,1-5,9,12,15,18-19H2/t21-,23+/m1/s1. The molecule has 0 N–H and O–H groups in total. The van der Waals surface area contributed by atoms with E-state index in [0.29, 0.717) is 18.7 Å². The minimum absolute atomic E-state index is 0.340. The number of hydrogen-bond acceptors (Lipinski definition) is 5. The Morgan fingerprint density at radius 1 is 0.939 bits per heavy atom. The van der Waals surface area contributed by atoms with Crippen LogP contribution in [-0.4, -0.2) is 29.7 Å². The van der Waals surface area contributed by atoms with Crippen LogP contribution in [0.4, 0.5) is 5.69 Å². The van der Waals surface area contributed by atoms with Crippen LogP contribution in [0.5, 0.6) is 0 Å². The fourth-order valence-corrected chi connectivity index (χ4v) is 6.05. The summed E-state index contributed by atoms with van der Waals surface area (Å²) >= 11 is 5.71.